The number of carbonyl (C=O) groups is 1. The van der Waals surface area contributed by atoms with E-state index in [2.05, 4.69) is 4.98 Å². The number of halogens is 3. The number of aliphatic imine (C=N–C) groups is 1. The molecule has 1 aromatic heterocycles. The molecule has 214 valence electrons. The third-order valence-corrected chi connectivity index (χ3v) is 8.36. The summed E-state index contributed by atoms with van der Waals surface area (Å²) in [6.07, 6.45) is 5.88. The van der Waals surface area contributed by atoms with Gasteiger partial charge in [-0.25, -0.2) is 14.8 Å². The maximum atomic E-state index is 11.5. The first-order valence-corrected chi connectivity index (χ1v) is 14.3. The molecule has 0 amide bonds. The number of aromatic carboxylic acids is 1. The minimum absolute atomic E-state index is 0.123. The van der Waals surface area contributed by atoms with Crippen LogP contribution in [0, 0.1) is 5.92 Å². The molecule has 1 aliphatic carbocycles. The van der Waals surface area contributed by atoms with Gasteiger partial charge in [0.2, 0.25) is 0 Å². The predicted molar refractivity (Wildman–Crippen MR) is 162 cm³/mol. The number of aliphatic hydroxyl groups is 1. The van der Waals surface area contributed by atoms with Crippen molar-refractivity contribution in [3.05, 3.63) is 92.7 Å². The van der Waals surface area contributed by atoms with Gasteiger partial charge < -0.3 is 25.6 Å². The quantitative estimate of drug-likeness (QED) is 0.231. The molecule has 1 aliphatic heterocycles. The van der Waals surface area contributed by atoms with Gasteiger partial charge in [0.05, 0.1) is 31.9 Å². The fourth-order valence-corrected chi connectivity index (χ4v) is 5.82. The largest absolute Gasteiger partial charge is 0.487 e. The standard InChI is InChI=1S/C30H29Cl3N4O4/c31-23-2-1-3-24(32)28(23)36-26(21(16-34)18-4-5-18)17-41-20-6-7-22(25(33)15-20)30(40)9-12-37(13-10-30)27-14-19(29(38)39)8-11-35-27/h1-3,6-8,11,14-16,18,40H,4-5,9-10,12-13,17,34H2,(H,38,39). The minimum Gasteiger partial charge on any atom is -0.487 e. The van der Waals surface area contributed by atoms with E-state index >= 15 is 0 Å². The highest BCUT2D eigenvalue weighted by molar-refractivity contribution is 6.39. The van der Waals surface area contributed by atoms with Crippen LogP contribution in [-0.4, -0.2) is 46.6 Å². The van der Waals surface area contributed by atoms with Gasteiger partial charge in [0.25, 0.3) is 0 Å². The summed E-state index contributed by atoms with van der Waals surface area (Å²) in [5.74, 6) is 0.385. The molecule has 0 unspecified atom stereocenters. The maximum Gasteiger partial charge on any atom is 0.335 e. The molecule has 41 heavy (non-hydrogen) atoms. The van der Waals surface area contributed by atoms with E-state index in [-0.39, 0.29) is 12.2 Å². The van der Waals surface area contributed by atoms with Crippen LogP contribution >= 0.6 is 34.8 Å². The van der Waals surface area contributed by atoms with E-state index in [0.29, 0.717) is 75.4 Å². The van der Waals surface area contributed by atoms with Gasteiger partial charge in [0.1, 0.15) is 23.9 Å². The topological polar surface area (TPSA) is 121 Å². The van der Waals surface area contributed by atoms with E-state index in [4.69, 9.17) is 50.3 Å². The number of nitrogens with zero attached hydrogens (tertiary/aromatic N) is 3. The van der Waals surface area contributed by atoms with E-state index in [1.807, 2.05) is 4.90 Å². The molecule has 0 spiro atoms. The molecule has 2 fully saturated rings. The van der Waals surface area contributed by atoms with Gasteiger partial charge in [-0.05, 0) is 79.8 Å². The van der Waals surface area contributed by atoms with Crippen molar-refractivity contribution >= 4 is 58.0 Å². The molecule has 5 rings (SSSR count). The first-order chi connectivity index (χ1) is 19.7. The van der Waals surface area contributed by atoms with Crippen LogP contribution in [0.2, 0.25) is 15.1 Å². The van der Waals surface area contributed by atoms with Crippen molar-refractivity contribution in [2.24, 2.45) is 16.6 Å². The Bertz CT molecular complexity index is 1500. The zero-order valence-corrected chi connectivity index (χ0v) is 24.3. The number of benzene rings is 2. The number of anilines is 1. The minimum atomic E-state index is -1.15. The van der Waals surface area contributed by atoms with E-state index in [9.17, 15) is 15.0 Å². The first kappa shape index (κ1) is 29.2. The van der Waals surface area contributed by atoms with Gasteiger partial charge in [-0.1, -0.05) is 46.9 Å². The van der Waals surface area contributed by atoms with Crippen LogP contribution in [-0.2, 0) is 5.60 Å². The highest BCUT2D eigenvalue weighted by Gasteiger charge is 2.36. The molecule has 3 aromatic rings. The van der Waals surface area contributed by atoms with Crippen LogP contribution in [0.15, 0.2) is 71.5 Å². The number of rotatable bonds is 9. The number of carboxylic acid groups (broad SMARTS) is 1. The molecular weight excluding hydrogens is 587 g/mol. The monoisotopic (exact) mass is 614 g/mol. The Kier molecular flexibility index (Phi) is 8.75. The van der Waals surface area contributed by atoms with Crippen LogP contribution in [0.25, 0.3) is 0 Å². The highest BCUT2D eigenvalue weighted by atomic mass is 35.5. The zero-order chi connectivity index (χ0) is 29.1. The Labute approximate surface area is 253 Å². The van der Waals surface area contributed by atoms with Crippen LogP contribution in [0.4, 0.5) is 11.5 Å². The van der Waals surface area contributed by atoms with E-state index in [1.165, 1.54) is 18.3 Å². The maximum absolute atomic E-state index is 11.5. The summed E-state index contributed by atoms with van der Waals surface area (Å²) >= 11 is 19.4. The number of nitrogens with two attached hydrogens (primary N) is 1. The number of aromatic nitrogens is 1. The lowest BCUT2D eigenvalue weighted by Gasteiger charge is -2.39. The number of carboxylic acids is 1. The van der Waals surface area contributed by atoms with Crippen LogP contribution in [0.1, 0.15) is 41.6 Å². The second kappa shape index (κ2) is 12.3. The SMILES string of the molecule is NC=C(C(COc1ccc(C2(O)CCN(c3cc(C(=O)O)ccn3)CC2)c(Cl)c1)=Nc1c(Cl)cccc1Cl)C1CC1. The lowest BCUT2D eigenvalue weighted by molar-refractivity contribution is 0.0117. The molecule has 0 atom stereocenters. The summed E-state index contributed by atoms with van der Waals surface area (Å²) < 4.78 is 6.10. The molecule has 2 heterocycles. The number of piperidine rings is 1. The molecule has 0 bridgehead atoms. The van der Waals surface area contributed by atoms with Gasteiger partial charge in [0.15, 0.2) is 0 Å². The van der Waals surface area contributed by atoms with Crippen LogP contribution in [0.3, 0.4) is 0 Å². The molecule has 11 heteroatoms. The number of ether oxygens (including phenoxy) is 1. The van der Waals surface area contributed by atoms with Gasteiger partial charge in [-0.15, -0.1) is 0 Å². The van der Waals surface area contributed by atoms with Crippen molar-refractivity contribution in [1.82, 2.24) is 4.98 Å². The summed E-state index contributed by atoms with van der Waals surface area (Å²) in [6.45, 7) is 1.10. The highest BCUT2D eigenvalue weighted by Crippen LogP contribution is 2.41. The third-order valence-electron chi connectivity index (χ3n) is 7.44. The van der Waals surface area contributed by atoms with Crippen molar-refractivity contribution in [3.63, 3.8) is 0 Å². The first-order valence-electron chi connectivity index (χ1n) is 13.2. The lowest BCUT2D eigenvalue weighted by atomic mass is 9.84. The molecular formula is C30H29Cl3N4O4. The summed E-state index contributed by atoms with van der Waals surface area (Å²) in [5, 5.41) is 22.0. The fourth-order valence-electron chi connectivity index (χ4n) is 4.99. The summed E-state index contributed by atoms with van der Waals surface area (Å²) in [6, 6.07) is 13.4. The fraction of sp³-hybridized carbons (Fsp3) is 0.300. The average Bonchev–Trinajstić information content (AvgIpc) is 3.79. The average molecular weight is 616 g/mol. The molecule has 2 aliphatic rings. The lowest BCUT2D eigenvalue weighted by Crippen LogP contribution is -2.43. The smallest absolute Gasteiger partial charge is 0.335 e. The summed E-state index contributed by atoms with van der Waals surface area (Å²) in [4.78, 5) is 22.3. The predicted octanol–water partition coefficient (Wildman–Crippen LogP) is 6.63. The Hall–Kier alpha value is -3.30. The molecule has 0 radical (unpaired) electrons. The van der Waals surface area contributed by atoms with E-state index in [1.54, 1.807) is 42.6 Å². The Balaban J connectivity index is 1.30. The number of hydrogen-bond donors (Lipinski definition) is 3. The van der Waals surface area contributed by atoms with Crippen molar-refractivity contribution in [2.45, 2.75) is 31.3 Å². The van der Waals surface area contributed by atoms with Gasteiger partial charge >= 0.3 is 5.97 Å². The Morgan fingerprint density at radius 1 is 1.10 bits per heavy atom. The zero-order valence-electron chi connectivity index (χ0n) is 22.1. The molecule has 2 aromatic carbocycles. The van der Waals surface area contributed by atoms with E-state index in [0.717, 1.165) is 18.4 Å². The van der Waals surface area contributed by atoms with Crippen LogP contribution in [0.5, 0.6) is 5.75 Å². The Morgan fingerprint density at radius 2 is 1.80 bits per heavy atom. The van der Waals surface area contributed by atoms with Crippen molar-refractivity contribution < 1.29 is 19.7 Å². The molecule has 1 saturated heterocycles. The van der Waals surface area contributed by atoms with Gasteiger partial charge in [-0.3, -0.25) is 0 Å². The van der Waals surface area contributed by atoms with Crippen molar-refractivity contribution in [2.75, 3.05) is 24.6 Å². The number of pyridine rings is 1. The third kappa shape index (κ3) is 6.62. The second-order valence-electron chi connectivity index (χ2n) is 10.2. The normalized spacial score (nSPS) is 17.4. The van der Waals surface area contributed by atoms with Crippen LogP contribution < -0.4 is 15.4 Å². The molecule has 8 nitrogen and oxygen atoms in total. The summed E-state index contributed by atoms with van der Waals surface area (Å²) in [5.41, 5.74) is 7.60. The molecule has 1 saturated carbocycles. The van der Waals surface area contributed by atoms with Gasteiger partial charge in [-0.2, -0.15) is 0 Å². The van der Waals surface area contributed by atoms with Crippen molar-refractivity contribution in [1.29, 1.82) is 0 Å². The van der Waals surface area contributed by atoms with Gasteiger partial charge in [0, 0.05) is 24.8 Å². The Morgan fingerprint density at radius 3 is 2.41 bits per heavy atom. The van der Waals surface area contributed by atoms with Crippen molar-refractivity contribution in [3.8, 4) is 5.75 Å². The van der Waals surface area contributed by atoms with E-state index < -0.39 is 11.6 Å². The molecule has 4 N–H and O–H groups in total. The second-order valence-corrected chi connectivity index (χ2v) is 11.4. The number of hydrogen-bond acceptors (Lipinski definition) is 7. The summed E-state index contributed by atoms with van der Waals surface area (Å²) in [7, 11) is 0. The number of para-hydroxylation sites is 1.